The maximum atomic E-state index is 12.0. The number of benzene rings is 1. The van der Waals surface area contributed by atoms with Crippen molar-refractivity contribution < 1.29 is 27.4 Å². The van der Waals surface area contributed by atoms with E-state index >= 15 is 0 Å². The van der Waals surface area contributed by atoms with Crippen molar-refractivity contribution in [3.63, 3.8) is 0 Å². The van der Waals surface area contributed by atoms with E-state index in [0.717, 1.165) is 24.3 Å². The highest BCUT2D eigenvalue weighted by Crippen LogP contribution is 2.25. The molecular weight excluding hydrogens is 232 g/mol. The van der Waals surface area contributed by atoms with Gasteiger partial charge in [0.1, 0.15) is 0 Å². The van der Waals surface area contributed by atoms with Crippen LogP contribution in [0.1, 0.15) is 0 Å². The largest absolute Gasteiger partial charge is 0.488 e. The lowest BCUT2D eigenvalue weighted by atomic mass is 9.81. The Labute approximate surface area is 86.1 Å². The summed E-state index contributed by atoms with van der Waals surface area (Å²) >= 11 is 0. The van der Waals surface area contributed by atoms with Gasteiger partial charge in [-0.05, 0) is 17.6 Å². The zero-order valence-electron chi connectivity index (χ0n) is 7.23. The van der Waals surface area contributed by atoms with Gasteiger partial charge in [-0.25, -0.2) is 4.21 Å². The van der Waals surface area contributed by atoms with Gasteiger partial charge in [-0.1, -0.05) is 12.1 Å². The molecule has 1 unspecified atom stereocenters. The number of halogens is 3. The fourth-order valence-electron chi connectivity index (χ4n) is 0.897. The number of rotatable bonds is 2. The molecule has 0 fully saturated rings. The first-order valence-corrected chi connectivity index (χ1v) is 4.92. The zero-order chi connectivity index (χ0) is 11.6. The SMILES string of the molecule is O=S(c1ccc(B(O)O)cc1)C(F)(F)F. The molecule has 0 saturated carbocycles. The molecule has 1 atom stereocenters. The molecule has 0 heterocycles. The maximum absolute atomic E-state index is 12.0. The standard InChI is InChI=1S/C7H6BF3O3S/c9-7(10,11)15(14)6-3-1-5(2-4-6)8(12)13/h1-4,12-13H. The summed E-state index contributed by atoms with van der Waals surface area (Å²) < 4.78 is 46.8. The van der Waals surface area contributed by atoms with E-state index in [1.807, 2.05) is 0 Å². The van der Waals surface area contributed by atoms with Gasteiger partial charge in [-0.15, -0.1) is 0 Å². The number of hydrogen-bond donors (Lipinski definition) is 2. The topological polar surface area (TPSA) is 57.5 Å². The second-order valence-electron chi connectivity index (χ2n) is 2.66. The van der Waals surface area contributed by atoms with Gasteiger partial charge in [-0.3, -0.25) is 0 Å². The smallest absolute Gasteiger partial charge is 0.423 e. The first-order chi connectivity index (χ1) is 6.82. The zero-order valence-corrected chi connectivity index (χ0v) is 8.05. The Hall–Kier alpha value is -0.855. The molecule has 2 N–H and O–H groups in total. The summed E-state index contributed by atoms with van der Waals surface area (Å²) in [6.07, 6.45) is 0. The maximum Gasteiger partial charge on any atom is 0.488 e. The van der Waals surface area contributed by atoms with E-state index in [2.05, 4.69) is 0 Å². The van der Waals surface area contributed by atoms with Crippen molar-refractivity contribution >= 4 is 23.4 Å². The molecule has 1 rings (SSSR count). The summed E-state index contributed by atoms with van der Waals surface area (Å²) in [5.41, 5.74) is -4.77. The van der Waals surface area contributed by atoms with Gasteiger partial charge in [0, 0.05) is 4.90 Å². The third-order valence-electron chi connectivity index (χ3n) is 1.60. The Kier molecular flexibility index (Phi) is 3.53. The molecule has 0 aliphatic carbocycles. The summed E-state index contributed by atoms with van der Waals surface area (Å²) in [5.74, 6) is 0. The van der Waals surface area contributed by atoms with Crippen LogP contribution in [0.25, 0.3) is 0 Å². The van der Waals surface area contributed by atoms with Gasteiger partial charge >= 0.3 is 12.6 Å². The normalized spacial score (nSPS) is 13.7. The molecule has 0 aliphatic heterocycles. The second-order valence-corrected chi connectivity index (χ2v) is 4.13. The molecule has 0 radical (unpaired) electrons. The van der Waals surface area contributed by atoms with Gasteiger partial charge in [0.2, 0.25) is 0 Å². The first-order valence-electron chi connectivity index (χ1n) is 3.77. The number of alkyl halides is 3. The van der Waals surface area contributed by atoms with E-state index in [1.165, 1.54) is 0 Å². The van der Waals surface area contributed by atoms with Crippen LogP contribution in [0.2, 0.25) is 0 Å². The highest BCUT2D eigenvalue weighted by Gasteiger charge is 2.37. The molecule has 82 valence electrons. The Bertz CT molecular complexity index is 363. The molecule has 0 aromatic heterocycles. The minimum atomic E-state index is -4.81. The predicted molar refractivity (Wildman–Crippen MR) is 48.7 cm³/mol. The summed E-state index contributed by atoms with van der Waals surface area (Å²) in [5, 5.41) is 17.3. The molecule has 0 bridgehead atoms. The predicted octanol–water partition coefficient (Wildman–Crippen LogP) is -0.00620. The molecule has 3 nitrogen and oxygen atoms in total. The van der Waals surface area contributed by atoms with Crippen LogP contribution in [0, 0.1) is 0 Å². The average Bonchev–Trinajstić information content (AvgIpc) is 2.15. The fraction of sp³-hybridized carbons (Fsp3) is 0.143. The van der Waals surface area contributed by atoms with Gasteiger partial charge in [0.25, 0.3) is 0 Å². The third-order valence-corrected chi connectivity index (χ3v) is 2.72. The molecule has 1 aromatic carbocycles. The minimum Gasteiger partial charge on any atom is -0.423 e. The van der Waals surface area contributed by atoms with E-state index in [0.29, 0.717) is 0 Å². The lowest BCUT2D eigenvalue weighted by Crippen LogP contribution is -2.29. The Morgan fingerprint density at radius 3 is 1.93 bits per heavy atom. The summed E-state index contributed by atoms with van der Waals surface area (Å²) in [4.78, 5) is -0.424. The molecule has 0 amide bonds. The summed E-state index contributed by atoms with van der Waals surface area (Å²) in [6, 6.07) is 4.03. The van der Waals surface area contributed by atoms with Crippen molar-refractivity contribution in [1.29, 1.82) is 0 Å². The van der Waals surface area contributed by atoms with Crippen LogP contribution in [0.3, 0.4) is 0 Å². The van der Waals surface area contributed by atoms with Crippen molar-refractivity contribution in [2.24, 2.45) is 0 Å². The van der Waals surface area contributed by atoms with Crippen molar-refractivity contribution in [3.05, 3.63) is 24.3 Å². The van der Waals surface area contributed by atoms with Gasteiger partial charge in [-0.2, -0.15) is 13.2 Å². The Balaban J connectivity index is 2.95. The summed E-state index contributed by atoms with van der Waals surface area (Å²) in [7, 11) is -4.84. The Morgan fingerprint density at radius 1 is 1.13 bits per heavy atom. The van der Waals surface area contributed by atoms with Crippen LogP contribution in [-0.4, -0.2) is 26.9 Å². The molecule has 0 spiro atoms. The van der Waals surface area contributed by atoms with E-state index in [9.17, 15) is 17.4 Å². The average molecular weight is 238 g/mol. The highest BCUT2D eigenvalue weighted by molar-refractivity contribution is 7.86. The molecule has 1 aromatic rings. The lowest BCUT2D eigenvalue weighted by Gasteiger charge is -2.06. The first kappa shape index (κ1) is 12.2. The number of hydrogen-bond acceptors (Lipinski definition) is 3. The van der Waals surface area contributed by atoms with Crippen molar-refractivity contribution in [2.45, 2.75) is 10.4 Å². The van der Waals surface area contributed by atoms with Crippen molar-refractivity contribution in [1.82, 2.24) is 0 Å². The highest BCUT2D eigenvalue weighted by atomic mass is 32.2. The van der Waals surface area contributed by atoms with Crippen molar-refractivity contribution in [3.8, 4) is 0 Å². The second kappa shape index (κ2) is 4.34. The van der Waals surface area contributed by atoms with Crippen LogP contribution in [0.4, 0.5) is 13.2 Å². The molecule has 0 aliphatic rings. The fourth-order valence-corrected chi connectivity index (χ4v) is 1.55. The van der Waals surface area contributed by atoms with Gasteiger partial charge in [0.05, 0.1) is 0 Å². The van der Waals surface area contributed by atoms with Gasteiger partial charge in [0.15, 0.2) is 10.8 Å². The summed E-state index contributed by atoms with van der Waals surface area (Å²) in [6.45, 7) is 0. The van der Waals surface area contributed by atoms with Gasteiger partial charge < -0.3 is 10.0 Å². The molecular formula is C7H6BF3O3S. The molecule has 8 heteroatoms. The van der Waals surface area contributed by atoms with Crippen LogP contribution in [0.15, 0.2) is 29.2 Å². The van der Waals surface area contributed by atoms with Crippen LogP contribution < -0.4 is 5.46 Å². The van der Waals surface area contributed by atoms with Crippen LogP contribution >= 0.6 is 0 Å². The molecule has 15 heavy (non-hydrogen) atoms. The van der Waals surface area contributed by atoms with Crippen molar-refractivity contribution in [2.75, 3.05) is 0 Å². The van der Waals surface area contributed by atoms with E-state index in [1.54, 1.807) is 0 Å². The van der Waals surface area contributed by atoms with E-state index < -0.39 is 28.3 Å². The minimum absolute atomic E-state index is 0.0397. The Morgan fingerprint density at radius 2 is 1.60 bits per heavy atom. The third kappa shape index (κ3) is 3.05. The monoisotopic (exact) mass is 238 g/mol. The van der Waals surface area contributed by atoms with Crippen LogP contribution in [0.5, 0.6) is 0 Å². The van der Waals surface area contributed by atoms with E-state index in [-0.39, 0.29) is 5.46 Å². The van der Waals surface area contributed by atoms with Crippen LogP contribution in [-0.2, 0) is 10.8 Å². The quantitative estimate of drug-likeness (QED) is 0.712. The molecule has 0 saturated heterocycles. The van der Waals surface area contributed by atoms with E-state index in [4.69, 9.17) is 10.0 Å². The lowest BCUT2D eigenvalue weighted by molar-refractivity contribution is -0.0384.